The van der Waals surface area contributed by atoms with Crippen molar-refractivity contribution in [1.29, 1.82) is 0 Å². The van der Waals surface area contributed by atoms with Crippen molar-refractivity contribution in [3.63, 3.8) is 0 Å². The average Bonchev–Trinajstić information content (AvgIpc) is 2.89. The zero-order chi connectivity index (χ0) is 31.9. The quantitative estimate of drug-likeness (QED) is 0.166. The van der Waals surface area contributed by atoms with E-state index in [4.69, 9.17) is 9.47 Å². The molecule has 0 aromatic heterocycles. The molecule has 9 nitrogen and oxygen atoms in total. The van der Waals surface area contributed by atoms with Crippen LogP contribution in [-0.2, 0) is 23.9 Å². The lowest BCUT2D eigenvalue weighted by Crippen LogP contribution is -2.55. The van der Waals surface area contributed by atoms with E-state index in [0.29, 0.717) is 18.5 Å². The lowest BCUT2D eigenvalue weighted by molar-refractivity contribution is -0.145. The molecule has 3 amide bonds. The van der Waals surface area contributed by atoms with Crippen LogP contribution in [0.3, 0.4) is 0 Å². The maximum absolute atomic E-state index is 14.3. The Labute approximate surface area is 253 Å². The van der Waals surface area contributed by atoms with Crippen molar-refractivity contribution in [2.75, 3.05) is 19.7 Å². The van der Waals surface area contributed by atoms with Crippen molar-refractivity contribution in [3.8, 4) is 0 Å². The van der Waals surface area contributed by atoms with E-state index in [9.17, 15) is 19.2 Å². The number of amides is 3. The number of nitrogens with zero attached hydrogens (tertiary/aromatic N) is 1. The van der Waals surface area contributed by atoms with Gasteiger partial charge in [0.05, 0.1) is 13.0 Å². The molecule has 2 atom stereocenters. The van der Waals surface area contributed by atoms with Gasteiger partial charge in [0.2, 0.25) is 11.8 Å². The Morgan fingerprint density at radius 1 is 0.952 bits per heavy atom. The maximum atomic E-state index is 14.3. The normalized spacial score (nSPS) is 12.8. The van der Waals surface area contributed by atoms with Crippen molar-refractivity contribution in [3.05, 3.63) is 34.9 Å². The van der Waals surface area contributed by atoms with Crippen LogP contribution < -0.4 is 10.6 Å². The Bertz CT molecular complexity index is 1020. The first kappa shape index (κ1) is 36.9. The van der Waals surface area contributed by atoms with E-state index in [1.807, 2.05) is 45.9 Å². The Morgan fingerprint density at radius 2 is 1.60 bits per heavy atom. The van der Waals surface area contributed by atoms with Crippen LogP contribution in [0.2, 0.25) is 0 Å². The van der Waals surface area contributed by atoms with E-state index in [2.05, 4.69) is 17.6 Å². The number of benzene rings is 1. The van der Waals surface area contributed by atoms with Gasteiger partial charge in [-0.2, -0.15) is 0 Å². The Kier molecular flexibility index (Phi) is 16.2. The van der Waals surface area contributed by atoms with Gasteiger partial charge in [0, 0.05) is 13.1 Å². The molecule has 238 valence electrons. The summed E-state index contributed by atoms with van der Waals surface area (Å²) in [6.07, 6.45) is 5.43. The number of hydrogen-bond donors (Lipinski definition) is 2. The van der Waals surface area contributed by atoms with Gasteiger partial charge >= 0.3 is 12.1 Å². The van der Waals surface area contributed by atoms with E-state index in [-0.39, 0.29) is 37.3 Å². The number of esters is 1. The van der Waals surface area contributed by atoms with E-state index < -0.39 is 29.7 Å². The zero-order valence-corrected chi connectivity index (χ0v) is 27.4. The third kappa shape index (κ3) is 13.3. The van der Waals surface area contributed by atoms with Crippen LogP contribution in [0, 0.1) is 19.8 Å². The molecule has 1 aromatic carbocycles. The van der Waals surface area contributed by atoms with Gasteiger partial charge in [-0.25, -0.2) is 4.79 Å². The predicted molar refractivity (Wildman–Crippen MR) is 166 cm³/mol. The minimum Gasteiger partial charge on any atom is -0.466 e. The third-order valence-electron chi connectivity index (χ3n) is 6.86. The minimum atomic E-state index is -0.947. The molecule has 0 radical (unpaired) electrons. The molecule has 0 saturated carbocycles. The zero-order valence-electron chi connectivity index (χ0n) is 27.4. The molecule has 42 heavy (non-hydrogen) atoms. The monoisotopic (exact) mass is 589 g/mol. The number of unbranched alkanes of at least 4 members (excludes halogenated alkanes) is 5. The number of nitrogens with one attached hydrogen (secondary N) is 2. The second kappa shape index (κ2) is 18.4. The second-order valence-electron chi connectivity index (χ2n) is 12.3. The number of carbonyl (C=O) groups excluding carboxylic acids is 4. The first-order valence-electron chi connectivity index (χ1n) is 15.5. The summed E-state index contributed by atoms with van der Waals surface area (Å²) in [6.45, 7) is 17.5. The van der Waals surface area contributed by atoms with Gasteiger partial charge in [-0.3, -0.25) is 14.4 Å². The molecule has 2 unspecified atom stereocenters. The topological polar surface area (TPSA) is 114 Å². The highest BCUT2D eigenvalue weighted by Gasteiger charge is 2.38. The average molecular weight is 590 g/mol. The summed E-state index contributed by atoms with van der Waals surface area (Å²) >= 11 is 0. The summed E-state index contributed by atoms with van der Waals surface area (Å²) in [6, 6.07) is 3.99. The summed E-state index contributed by atoms with van der Waals surface area (Å²) in [4.78, 5) is 54.5. The molecule has 1 rings (SSSR count). The number of aryl methyl sites for hydroxylation is 2. The molecular weight excluding hydrogens is 534 g/mol. The Hall–Kier alpha value is -3.10. The molecule has 0 heterocycles. The van der Waals surface area contributed by atoms with Crippen LogP contribution in [0.25, 0.3) is 0 Å². The fraction of sp³-hybridized carbons (Fsp3) is 0.697. The number of alkyl carbamates (subject to hydrolysis) is 1. The highest BCUT2D eigenvalue weighted by atomic mass is 16.6. The Balaban J connectivity index is 3.47. The molecule has 0 aliphatic rings. The molecule has 0 aliphatic carbocycles. The van der Waals surface area contributed by atoms with Crippen LogP contribution in [-0.4, -0.2) is 60.1 Å². The summed E-state index contributed by atoms with van der Waals surface area (Å²) < 4.78 is 10.5. The van der Waals surface area contributed by atoms with Gasteiger partial charge in [-0.15, -0.1) is 0 Å². The number of carbonyl (C=O) groups is 4. The predicted octanol–water partition coefficient (Wildman–Crippen LogP) is 6.15. The van der Waals surface area contributed by atoms with Crippen LogP contribution in [0.4, 0.5) is 4.79 Å². The fourth-order valence-corrected chi connectivity index (χ4v) is 4.68. The van der Waals surface area contributed by atoms with Crippen LogP contribution >= 0.6 is 0 Å². The lowest BCUT2D eigenvalue weighted by atomic mass is 9.94. The Morgan fingerprint density at radius 3 is 2.19 bits per heavy atom. The van der Waals surface area contributed by atoms with E-state index in [1.54, 1.807) is 32.6 Å². The van der Waals surface area contributed by atoms with Gasteiger partial charge in [0.15, 0.2) is 0 Å². The molecule has 0 bridgehead atoms. The van der Waals surface area contributed by atoms with E-state index >= 15 is 0 Å². The molecule has 9 heteroatoms. The smallest absolute Gasteiger partial charge is 0.408 e. The summed E-state index contributed by atoms with van der Waals surface area (Å²) in [5.74, 6) is -1.39. The molecule has 0 aliphatic heterocycles. The molecule has 2 N–H and O–H groups in total. The van der Waals surface area contributed by atoms with Crippen molar-refractivity contribution in [2.24, 2.45) is 5.92 Å². The van der Waals surface area contributed by atoms with Gasteiger partial charge in [-0.05, 0) is 65.0 Å². The number of ether oxygens (including phenoxy) is 2. The van der Waals surface area contributed by atoms with Crippen molar-refractivity contribution >= 4 is 23.9 Å². The number of rotatable bonds is 17. The van der Waals surface area contributed by atoms with Crippen LogP contribution in [0.15, 0.2) is 18.2 Å². The summed E-state index contributed by atoms with van der Waals surface area (Å²) in [7, 11) is 0. The SMILES string of the molecule is CCCCCCCCN(C(=O)C(NC(=O)OC(C)(C)C)C(C)C)C(C(=O)NCCC(=O)OCC)c1cc(C)ccc1C. The van der Waals surface area contributed by atoms with Crippen LogP contribution in [0.1, 0.15) is 116 Å². The standard InChI is InChI=1S/C33H55N3O6/c1-10-12-13-14-15-16-21-36(31(39)28(23(3)4)35-32(40)42-33(7,8)9)29(26-22-24(5)17-18-25(26)6)30(38)34-20-19-27(37)41-11-2/h17-18,22-23,28-29H,10-16,19-21H2,1-9H3,(H,34,38)(H,35,40). The molecule has 0 fully saturated rings. The summed E-state index contributed by atoms with van der Waals surface area (Å²) in [5.41, 5.74) is 1.81. The minimum absolute atomic E-state index is 0.0271. The molecular formula is C33H55N3O6. The molecule has 0 saturated heterocycles. The van der Waals surface area contributed by atoms with Gasteiger partial charge in [0.25, 0.3) is 0 Å². The van der Waals surface area contributed by atoms with E-state index in [0.717, 1.165) is 43.2 Å². The fourth-order valence-electron chi connectivity index (χ4n) is 4.68. The molecule has 0 spiro atoms. The highest BCUT2D eigenvalue weighted by Crippen LogP contribution is 2.28. The van der Waals surface area contributed by atoms with Gasteiger partial charge in [-0.1, -0.05) is 76.6 Å². The van der Waals surface area contributed by atoms with Crippen molar-refractivity contribution in [1.82, 2.24) is 15.5 Å². The largest absolute Gasteiger partial charge is 0.466 e. The van der Waals surface area contributed by atoms with Crippen LogP contribution in [0.5, 0.6) is 0 Å². The lowest BCUT2D eigenvalue weighted by Gasteiger charge is -2.36. The van der Waals surface area contributed by atoms with E-state index in [1.165, 1.54) is 0 Å². The first-order valence-corrected chi connectivity index (χ1v) is 15.5. The van der Waals surface area contributed by atoms with Crippen molar-refractivity contribution in [2.45, 2.75) is 125 Å². The molecule has 1 aromatic rings. The first-order chi connectivity index (χ1) is 19.7. The van der Waals surface area contributed by atoms with Gasteiger partial charge < -0.3 is 25.0 Å². The van der Waals surface area contributed by atoms with Gasteiger partial charge in [0.1, 0.15) is 17.7 Å². The highest BCUT2D eigenvalue weighted by molar-refractivity contribution is 5.92. The maximum Gasteiger partial charge on any atom is 0.408 e. The number of hydrogen-bond acceptors (Lipinski definition) is 6. The third-order valence-corrected chi connectivity index (χ3v) is 6.86. The summed E-state index contributed by atoms with van der Waals surface area (Å²) in [5, 5.41) is 5.63. The second-order valence-corrected chi connectivity index (χ2v) is 12.3. The van der Waals surface area contributed by atoms with Crippen molar-refractivity contribution < 1.29 is 28.7 Å².